The van der Waals surface area contributed by atoms with Gasteiger partial charge in [-0.05, 0) is 369 Å². The molecule has 6 aliphatic carbocycles. The Bertz CT molecular complexity index is 6270. The molecule has 18 rings (SSSR count). The molecule has 139 heavy (non-hydrogen) atoms. The molecule has 0 bridgehead atoms. The van der Waals surface area contributed by atoms with Crippen LogP contribution in [-0.2, 0) is 32.5 Å². The molecule has 0 spiro atoms. The summed E-state index contributed by atoms with van der Waals surface area (Å²) in [6.45, 7) is 46.6. The Kier molecular flexibility index (Phi) is 30.3. The minimum Gasteiger partial charge on any atom is -0.0654 e. The van der Waals surface area contributed by atoms with E-state index in [-0.39, 0.29) is 32.5 Å². The highest BCUT2D eigenvalue weighted by molar-refractivity contribution is 5.94. The molecule has 0 saturated heterocycles. The van der Waals surface area contributed by atoms with E-state index in [1.165, 1.54) is 354 Å². The number of fused-ring (bicyclic) bond motifs is 18. The molecule has 0 saturated carbocycles. The van der Waals surface area contributed by atoms with Crippen LogP contribution in [0.15, 0.2) is 224 Å². The highest BCUT2D eigenvalue weighted by atomic mass is 14.6. The van der Waals surface area contributed by atoms with E-state index >= 15 is 0 Å². The number of hydrogen-bond acceptors (Lipinski definition) is 0. The normalized spacial score (nSPS) is 18.7. The monoisotopic (exact) mass is 1840 g/mol. The second-order valence-electron chi connectivity index (χ2n) is 45.5. The maximum atomic E-state index is 2.78. The van der Waals surface area contributed by atoms with E-state index in [9.17, 15) is 0 Å². The van der Waals surface area contributed by atoms with Crippen LogP contribution in [0.3, 0.4) is 0 Å². The lowest BCUT2D eigenvalue weighted by molar-refractivity contribution is 0.266. The van der Waals surface area contributed by atoms with Gasteiger partial charge in [-0.1, -0.05) is 448 Å². The molecule has 0 amide bonds. The minimum atomic E-state index is -0.158. The van der Waals surface area contributed by atoms with Gasteiger partial charge in [0.15, 0.2) is 0 Å². The van der Waals surface area contributed by atoms with Gasteiger partial charge in [0.1, 0.15) is 0 Å². The van der Waals surface area contributed by atoms with E-state index < -0.39 is 0 Å². The molecule has 728 valence electrons. The molecule has 0 fully saturated rings. The summed E-state index contributed by atoms with van der Waals surface area (Å²) in [6, 6.07) is 94.9. The zero-order valence-electron chi connectivity index (χ0n) is 89.8. The highest BCUT2D eigenvalue weighted by Gasteiger charge is 2.52. The van der Waals surface area contributed by atoms with E-state index in [1.807, 2.05) is 0 Å². The summed E-state index contributed by atoms with van der Waals surface area (Å²) in [5.74, 6) is 3.87. The molecule has 0 N–H and O–H groups in total. The first-order valence-electron chi connectivity index (χ1n) is 57.5. The SMILES string of the molecule is CCCCC(CC)CC1(CC(CC)CCCC)c2ccccc2-c2ccc(-c3ccc4c(c3)C(CC)(CC)c3cc(-c5ccc6c(c5)C(CC(CC)CCCC)(CC(CC)CCCC)c5cc(-c7ccc8c(c7)C(CC)(CC)c7cc(-c9ccc%10c(c9)C(CC(CC)CCCC)(CC(CC)CCCC)c9cc(-c%11ccc%12c(c%11)C(CC)(CC)c%11cc(C)ccc%11-%12)ccc9-%10)ccc7-8)ccc5-6)ccc3-4)cc21. The maximum absolute atomic E-state index is 2.78. The van der Waals surface area contributed by atoms with Gasteiger partial charge in [-0.25, -0.2) is 0 Å². The van der Waals surface area contributed by atoms with Crippen molar-refractivity contribution in [2.24, 2.45) is 35.5 Å². The summed E-state index contributed by atoms with van der Waals surface area (Å²) in [5.41, 5.74) is 50.6. The number of hydrogen-bond donors (Lipinski definition) is 0. The number of rotatable bonds is 47. The first kappa shape index (κ1) is 99.8. The highest BCUT2D eigenvalue weighted by Crippen LogP contribution is 2.65. The Balaban J connectivity index is 0.704. The van der Waals surface area contributed by atoms with Crippen molar-refractivity contribution in [3.05, 3.63) is 297 Å². The van der Waals surface area contributed by atoms with Gasteiger partial charge in [-0.15, -0.1) is 0 Å². The van der Waals surface area contributed by atoms with Crippen LogP contribution in [0.5, 0.6) is 0 Å². The second kappa shape index (κ2) is 42.3. The summed E-state index contributed by atoms with van der Waals surface area (Å²) < 4.78 is 0. The van der Waals surface area contributed by atoms with E-state index in [0.29, 0.717) is 35.5 Å². The lowest BCUT2D eigenvalue weighted by Crippen LogP contribution is -2.31. The molecule has 6 aliphatic rings. The summed E-state index contributed by atoms with van der Waals surface area (Å²) >= 11 is 0. The van der Waals surface area contributed by atoms with Gasteiger partial charge in [-0.3, -0.25) is 0 Å². The van der Waals surface area contributed by atoms with Crippen LogP contribution in [0.25, 0.3) is 122 Å². The molecule has 6 atom stereocenters. The molecular weight excluding hydrogens is 1670 g/mol. The van der Waals surface area contributed by atoms with E-state index in [2.05, 4.69) is 356 Å². The predicted octanol–water partition coefficient (Wildman–Crippen LogP) is 42.0. The third kappa shape index (κ3) is 17.4. The summed E-state index contributed by atoms with van der Waals surface area (Å²) in [7, 11) is 0. The fourth-order valence-corrected chi connectivity index (χ4v) is 30.1. The first-order chi connectivity index (χ1) is 67.8. The van der Waals surface area contributed by atoms with Crippen molar-refractivity contribution in [3.63, 3.8) is 0 Å². The van der Waals surface area contributed by atoms with Gasteiger partial charge in [0.25, 0.3) is 0 Å². The van der Waals surface area contributed by atoms with Crippen LogP contribution < -0.4 is 0 Å². The standard InChI is InChI=1S/C139H172/c1-20-38-46-94(26-7)87-137(88-95(27-8)47-39-21-2)122-53-45-44-52-110(122)112-66-55-105(82-129(112)137)101-57-68-114-115-69-58-102(79-126(115)135(34-15,35-16)125(114)78-101)108-63-74-120-121-75-64-109(86-133(121)139(132(120)85-108,91-98(30-11)50-42-24-5)92-99(31-12)51-43-25-6)104-60-71-117-116-70-59-103(80-127(116)136(36-17,37-18)128(117)81-104)107-62-73-119-118-72-61-106(100-56-67-113-111-65-54-93(19)76-123(111)134(32-13,33-14)124(113)77-100)83-130(118)138(131(119)84-107,89-96(28-9)48-40-22-3)90-97(29-10)49-41-23-4/h44-45,52-86,94-99H,20-43,46-51,87-92H2,1-19H3. The zero-order valence-corrected chi connectivity index (χ0v) is 89.8. The van der Waals surface area contributed by atoms with Crippen molar-refractivity contribution in [2.45, 2.75) is 395 Å². The molecule has 0 heteroatoms. The molecule has 6 unspecified atom stereocenters. The first-order valence-corrected chi connectivity index (χ1v) is 57.5. The van der Waals surface area contributed by atoms with Crippen LogP contribution in [0.4, 0.5) is 0 Å². The summed E-state index contributed by atoms with van der Waals surface area (Å²) in [6.07, 6.45) is 43.9. The Morgan fingerprint density at radius 3 is 0.504 bits per heavy atom. The molecule has 0 aromatic heterocycles. The fourth-order valence-electron chi connectivity index (χ4n) is 30.1. The molecule has 0 radical (unpaired) electrons. The topological polar surface area (TPSA) is 0 Å². The number of benzene rings is 12. The third-order valence-corrected chi connectivity index (χ3v) is 38.6. The Morgan fingerprint density at radius 1 is 0.165 bits per heavy atom. The third-order valence-electron chi connectivity index (χ3n) is 38.6. The van der Waals surface area contributed by atoms with Gasteiger partial charge >= 0.3 is 0 Å². The van der Waals surface area contributed by atoms with Crippen LogP contribution >= 0.6 is 0 Å². The average Bonchev–Trinajstić information content (AvgIpc) is 1.55. The number of unbranched alkanes of at least 4 members (excludes halogenated alkanes) is 6. The second-order valence-corrected chi connectivity index (χ2v) is 45.5. The van der Waals surface area contributed by atoms with Gasteiger partial charge in [0, 0.05) is 32.5 Å². The van der Waals surface area contributed by atoms with Gasteiger partial charge in [0.05, 0.1) is 0 Å². The van der Waals surface area contributed by atoms with Gasteiger partial charge < -0.3 is 0 Å². The van der Waals surface area contributed by atoms with Gasteiger partial charge in [-0.2, -0.15) is 0 Å². The molecule has 12 aromatic rings. The average molecular weight is 1840 g/mol. The Labute approximate surface area is 843 Å². The lowest BCUT2D eigenvalue weighted by atomic mass is 9.64. The quantitative estimate of drug-likeness (QED) is 0.0357. The summed E-state index contributed by atoms with van der Waals surface area (Å²) in [5, 5.41) is 0. The van der Waals surface area contributed by atoms with Crippen LogP contribution in [-0.4, -0.2) is 0 Å². The van der Waals surface area contributed by atoms with Crippen LogP contribution in [0.1, 0.15) is 428 Å². The van der Waals surface area contributed by atoms with Crippen molar-refractivity contribution in [3.8, 4) is 122 Å². The van der Waals surface area contributed by atoms with Crippen LogP contribution in [0.2, 0.25) is 0 Å². The zero-order chi connectivity index (χ0) is 97.3. The van der Waals surface area contributed by atoms with Crippen LogP contribution in [0, 0.1) is 42.4 Å². The Morgan fingerprint density at radius 2 is 0.324 bits per heavy atom. The molecule has 0 heterocycles. The molecule has 12 aromatic carbocycles. The molecule has 0 aliphatic heterocycles. The van der Waals surface area contributed by atoms with Crippen molar-refractivity contribution in [1.82, 2.24) is 0 Å². The minimum absolute atomic E-state index is 0.00569. The molecular formula is C139H172. The van der Waals surface area contributed by atoms with Crippen molar-refractivity contribution in [1.29, 1.82) is 0 Å². The van der Waals surface area contributed by atoms with Crippen molar-refractivity contribution < 1.29 is 0 Å². The maximum Gasteiger partial charge on any atom is 0.0220 e. The summed E-state index contributed by atoms with van der Waals surface area (Å²) in [4.78, 5) is 0. The predicted molar refractivity (Wildman–Crippen MR) is 605 cm³/mol. The van der Waals surface area contributed by atoms with Crippen molar-refractivity contribution >= 4 is 0 Å². The van der Waals surface area contributed by atoms with E-state index in [0.717, 1.165) is 38.5 Å². The fraction of sp³-hybridized carbons (Fsp3) is 0.482. The number of aryl methyl sites for hydroxylation is 1. The molecule has 0 nitrogen and oxygen atoms in total. The van der Waals surface area contributed by atoms with E-state index in [1.54, 1.807) is 33.4 Å². The lowest BCUT2D eigenvalue weighted by Gasteiger charge is -2.39. The van der Waals surface area contributed by atoms with Gasteiger partial charge in [0.2, 0.25) is 0 Å². The Hall–Kier alpha value is -9.36. The van der Waals surface area contributed by atoms with E-state index in [4.69, 9.17) is 0 Å². The smallest absolute Gasteiger partial charge is 0.0220 e. The largest absolute Gasteiger partial charge is 0.0654 e. The van der Waals surface area contributed by atoms with Crippen molar-refractivity contribution in [2.75, 3.05) is 0 Å².